The molecule has 1 unspecified atom stereocenters. The number of thiazole rings is 1. The number of imidazole rings is 1. The van der Waals surface area contributed by atoms with E-state index in [9.17, 15) is 0 Å². The van der Waals surface area contributed by atoms with E-state index in [1.807, 2.05) is 0 Å². The molecule has 3 rings (SSSR count). The van der Waals surface area contributed by atoms with E-state index >= 15 is 0 Å². The number of rotatable bonds is 6. The number of hydrogen-bond donors (Lipinski definition) is 1. The quantitative estimate of drug-likeness (QED) is 0.868. The second kappa shape index (κ2) is 5.02. The lowest BCUT2D eigenvalue weighted by molar-refractivity contribution is 0.357. The highest BCUT2D eigenvalue weighted by atomic mass is 32.1. The van der Waals surface area contributed by atoms with Gasteiger partial charge in [0.05, 0.1) is 5.69 Å². The Balaban J connectivity index is 1.64. The lowest BCUT2D eigenvalue weighted by Gasteiger charge is -2.20. The van der Waals surface area contributed by atoms with Gasteiger partial charge < -0.3 is 5.32 Å². The average molecular weight is 263 g/mol. The molecule has 2 aromatic heterocycles. The van der Waals surface area contributed by atoms with Crippen molar-refractivity contribution in [3.8, 4) is 0 Å². The first-order valence-electron chi connectivity index (χ1n) is 6.87. The third-order valence-electron chi connectivity index (χ3n) is 3.80. The number of fused-ring (bicyclic) bond motifs is 1. The molecule has 2 heterocycles. The van der Waals surface area contributed by atoms with Gasteiger partial charge in [0.2, 0.25) is 0 Å². The SMILES string of the molecule is CC(C)C(CNC1CC1)Cc1cn2ccsc2n1. The van der Waals surface area contributed by atoms with E-state index < -0.39 is 0 Å². The fourth-order valence-corrected chi connectivity index (χ4v) is 3.01. The Bertz CT molecular complexity index is 481. The highest BCUT2D eigenvalue weighted by molar-refractivity contribution is 7.15. The maximum absolute atomic E-state index is 4.69. The Hall–Kier alpha value is -0.870. The van der Waals surface area contributed by atoms with Crippen LogP contribution in [0.3, 0.4) is 0 Å². The number of hydrogen-bond acceptors (Lipinski definition) is 3. The van der Waals surface area contributed by atoms with Crippen molar-refractivity contribution < 1.29 is 0 Å². The summed E-state index contributed by atoms with van der Waals surface area (Å²) in [7, 11) is 0. The van der Waals surface area contributed by atoms with Crippen LogP contribution >= 0.6 is 11.3 Å². The van der Waals surface area contributed by atoms with E-state index in [-0.39, 0.29) is 0 Å². The van der Waals surface area contributed by atoms with Gasteiger partial charge in [-0.25, -0.2) is 4.98 Å². The minimum absolute atomic E-state index is 0.690. The van der Waals surface area contributed by atoms with Gasteiger partial charge in [-0.05, 0) is 37.6 Å². The minimum Gasteiger partial charge on any atom is -0.314 e. The predicted molar refractivity (Wildman–Crippen MR) is 76.1 cm³/mol. The van der Waals surface area contributed by atoms with Crippen molar-refractivity contribution in [3.05, 3.63) is 23.5 Å². The number of aromatic nitrogens is 2. The molecule has 4 heteroatoms. The van der Waals surface area contributed by atoms with Crippen LogP contribution in [0, 0.1) is 11.8 Å². The van der Waals surface area contributed by atoms with Crippen LogP contribution in [0.15, 0.2) is 17.8 Å². The van der Waals surface area contributed by atoms with Crippen molar-refractivity contribution in [2.24, 2.45) is 11.8 Å². The number of nitrogens with zero attached hydrogens (tertiary/aromatic N) is 2. The molecule has 0 aromatic carbocycles. The molecule has 1 atom stereocenters. The van der Waals surface area contributed by atoms with Gasteiger partial charge in [0.1, 0.15) is 0 Å². The van der Waals surface area contributed by atoms with Crippen LogP contribution < -0.4 is 5.32 Å². The summed E-state index contributed by atoms with van der Waals surface area (Å²) >= 11 is 1.71. The highest BCUT2D eigenvalue weighted by Gasteiger charge is 2.23. The van der Waals surface area contributed by atoms with Gasteiger partial charge in [0.15, 0.2) is 4.96 Å². The van der Waals surface area contributed by atoms with Crippen molar-refractivity contribution >= 4 is 16.3 Å². The van der Waals surface area contributed by atoms with Crippen LogP contribution in [0.4, 0.5) is 0 Å². The Morgan fingerprint density at radius 1 is 1.50 bits per heavy atom. The molecule has 0 radical (unpaired) electrons. The molecular formula is C14H21N3S. The third-order valence-corrected chi connectivity index (χ3v) is 4.57. The molecule has 0 aliphatic heterocycles. The van der Waals surface area contributed by atoms with Crippen molar-refractivity contribution in [1.29, 1.82) is 0 Å². The Morgan fingerprint density at radius 2 is 2.33 bits per heavy atom. The van der Waals surface area contributed by atoms with Crippen LogP contribution in [0.25, 0.3) is 4.96 Å². The standard InChI is InChI=1S/C14H21N3S/c1-10(2)11(8-15-12-3-4-12)7-13-9-17-5-6-18-14(17)16-13/h5-6,9-12,15H,3-4,7-8H2,1-2H3. The lowest BCUT2D eigenvalue weighted by Crippen LogP contribution is -2.29. The van der Waals surface area contributed by atoms with E-state index in [4.69, 9.17) is 4.98 Å². The molecule has 98 valence electrons. The molecule has 1 saturated carbocycles. The van der Waals surface area contributed by atoms with Crippen LogP contribution in [0.5, 0.6) is 0 Å². The van der Waals surface area contributed by atoms with Crippen LogP contribution in [0.2, 0.25) is 0 Å². The first-order valence-corrected chi connectivity index (χ1v) is 7.75. The van der Waals surface area contributed by atoms with Gasteiger partial charge in [-0.15, -0.1) is 11.3 Å². The fourth-order valence-electron chi connectivity index (χ4n) is 2.29. The second-order valence-corrected chi connectivity index (χ2v) is 6.59. The molecule has 18 heavy (non-hydrogen) atoms. The maximum Gasteiger partial charge on any atom is 0.193 e. The Labute approximate surface area is 112 Å². The smallest absolute Gasteiger partial charge is 0.193 e. The minimum atomic E-state index is 0.690. The molecule has 2 aromatic rings. The molecule has 1 N–H and O–H groups in total. The average Bonchev–Trinajstić information content (AvgIpc) is 2.91. The summed E-state index contributed by atoms with van der Waals surface area (Å²) in [6.07, 6.45) is 8.09. The van der Waals surface area contributed by atoms with E-state index in [1.165, 1.54) is 18.5 Å². The van der Waals surface area contributed by atoms with Crippen LogP contribution in [-0.2, 0) is 6.42 Å². The van der Waals surface area contributed by atoms with Gasteiger partial charge >= 0.3 is 0 Å². The summed E-state index contributed by atoms with van der Waals surface area (Å²) in [5, 5.41) is 5.74. The zero-order chi connectivity index (χ0) is 12.5. The van der Waals surface area contributed by atoms with E-state index in [2.05, 4.69) is 41.3 Å². The topological polar surface area (TPSA) is 29.3 Å². The molecule has 0 saturated heterocycles. The van der Waals surface area contributed by atoms with E-state index in [0.717, 1.165) is 24.0 Å². The van der Waals surface area contributed by atoms with Crippen molar-refractivity contribution in [1.82, 2.24) is 14.7 Å². The Kier molecular flexibility index (Phi) is 3.39. The molecule has 1 fully saturated rings. The van der Waals surface area contributed by atoms with Gasteiger partial charge in [0.25, 0.3) is 0 Å². The zero-order valence-electron chi connectivity index (χ0n) is 11.1. The molecular weight excluding hydrogens is 242 g/mol. The molecule has 1 aliphatic rings. The third kappa shape index (κ3) is 2.75. The van der Waals surface area contributed by atoms with Crippen LogP contribution in [-0.4, -0.2) is 22.0 Å². The molecule has 1 aliphatic carbocycles. The van der Waals surface area contributed by atoms with Gasteiger partial charge in [-0.2, -0.15) is 0 Å². The molecule has 0 spiro atoms. The van der Waals surface area contributed by atoms with Crippen molar-refractivity contribution in [2.45, 2.75) is 39.2 Å². The van der Waals surface area contributed by atoms with E-state index in [0.29, 0.717) is 11.8 Å². The zero-order valence-corrected chi connectivity index (χ0v) is 11.9. The fraction of sp³-hybridized carbons (Fsp3) is 0.643. The summed E-state index contributed by atoms with van der Waals surface area (Å²) < 4.78 is 2.13. The van der Waals surface area contributed by atoms with Gasteiger partial charge in [-0.1, -0.05) is 13.8 Å². The normalized spacial score (nSPS) is 17.7. The second-order valence-electron chi connectivity index (χ2n) is 5.72. The summed E-state index contributed by atoms with van der Waals surface area (Å²) in [6.45, 7) is 5.77. The maximum atomic E-state index is 4.69. The van der Waals surface area contributed by atoms with Crippen molar-refractivity contribution in [2.75, 3.05) is 6.54 Å². The molecule has 0 amide bonds. The van der Waals surface area contributed by atoms with Crippen LogP contribution in [0.1, 0.15) is 32.4 Å². The number of nitrogens with one attached hydrogen (secondary N) is 1. The lowest BCUT2D eigenvalue weighted by atomic mass is 9.91. The van der Waals surface area contributed by atoms with E-state index in [1.54, 1.807) is 11.3 Å². The van der Waals surface area contributed by atoms with Gasteiger partial charge in [-0.3, -0.25) is 4.40 Å². The summed E-state index contributed by atoms with van der Waals surface area (Å²) in [5.74, 6) is 1.39. The first-order chi connectivity index (χ1) is 8.72. The Morgan fingerprint density at radius 3 is 3.00 bits per heavy atom. The highest BCUT2D eigenvalue weighted by Crippen LogP contribution is 2.22. The molecule has 3 nitrogen and oxygen atoms in total. The largest absolute Gasteiger partial charge is 0.314 e. The summed E-state index contributed by atoms with van der Waals surface area (Å²) in [5.41, 5.74) is 1.23. The summed E-state index contributed by atoms with van der Waals surface area (Å²) in [6, 6.07) is 0.803. The molecule has 0 bridgehead atoms. The first kappa shape index (κ1) is 12.2. The van der Waals surface area contributed by atoms with Crippen molar-refractivity contribution in [3.63, 3.8) is 0 Å². The van der Waals surface area contributed by atoms with Gasteiger partial charge in [0, 0.05) is 23.8 Å². The monoisotopic (exact) mass is 263 g/mol. The summed E-state index contributed by atoms with van der Waals surface area (Å²) in [4.78, 5) is 5.80. The predicted octanol–water partition coefficient (Wildman–Crippen LogP) is 2.96.